The first-order chi connectivity index (χ1) is 8.67. The van der Waals surface area contributed by atoms with Crippen molar-refractivity contribution in [1.29, 1.82) is 0 Å². The van der Waals surface area contributed by atoms with Crippen LogP contribution in [0.5, 0.6) is 0 Å². The first kappa shape index (κ1) is 18.1. The van der Waals surface area contributed by atoms with Crippen LogP contribution in [0, 0.1) is 0 Å². The summed E-state index contributed by atoms with van der Waals surface area (Å²) in [5.74, 6) is 0. The fourth-order valence-corrected chi connectivity index (χ4v) is 5.35. The van der Waals surface area contributed by atoms with Crippen LogP contribution in [-0.4, -0.2) is 52.4 Å². The van der Waals surface area contributed by atoms with Crippen LogP contribution in [-0.2, 0) is 0 Å². The van der Waals surface area contributed by atoms with Crippen molar-refractivity contribution in [1.82, 2.24) is 15.2 Å². The molecule has 0 unspecified atom stereocenters. The second kappa shape index (κ2) is 11.0. The van der Waals surface area contributed by atoms with Crippen molar-refractivity contribution in [2.75, 3.05) is 39.3 Å². The lowest BCUT2D eigenvalue weighted by molar-refractivity contribution is 0.303. The highest BCUT2D eigenvalue weighted by atomic mass is 28.3. The van der Waals surface area contributed by atoms with E-state index < -0.39 is 8.24 Å². The standard InChI is InChI=1S/C14H35N3Si/c1-6-17(7-2)14-13-15-11-12-16-18(8-3,9-4)10-5/h15-16H,6-14H2,1-5H3. The fraction of sp³-hybridized carbons (Fsp3) is 1.00. The van der Waals surface area contributed by atoms with Crippen molar-refractivity contribution in [3.05, 3.63) is 0 Å². The molecule has 0 aromatic carbocycles. The highest BCUT2D eigenvalue weighted by molar-refractivity contribution is 6.77. The maximum atomic E-state index is 3.86. The lowest BCUT2D eigenvalue weighted by Gasteiger charge is -2.29. The number of hydrogen-bond donors (Lipinski definition) is 2. The van der Waals surface area contributed by atoms with Gasteiger partial charge in [0.25, 0.3) is 0 Å². The van der Waals surface area contributed by atoms with E-state index in [9.17, 15) is 0 Å². The lowest BCUT2D eigenvalue weighted by Crippen LogP contribution is -2.51. The predicted molar refractivity (Wildman–Crippen MR) is 85.9 cm³/mol. The summed E-state index contributed by atoms with van der Waals surface area (Å²) in [6.45, 7) is 18.4. The minimum Gasteiger partial charge on any atom is -0.336 e. The highest BCUT2D eigenvalue weighted by Crippen LogP contribution is 2.15. The van der Waals surface area contributed by atoms with E-state index in [1.165, 1.54) is 24.7 Å². The van der Waals surface area contributed by atoms with E-state index in [0.29, 0.717) is 0 Å². The van der Waals surface area contributed by atoms with E-state index in [2.05, 4.69) is 49.8 Å². The van der Waals surface area contributed by atoms with Gasteiger partial charge in [0, 0.05) is 26.2 Å². The molecule has 110 valence electrons. The largest absolute Gasteiger partial charge is 0.336 e. The SMILES string of the molecule is CCN(CC)CCNCCN[Si](CC)(CC)CC. The van der Waals surface area contributed by atoms with E-state index >= 15 is 0 Å². The van der Waals surface area contributed by atoms with Gasteiger partial charge >= 0.3 is 0 Å². The Hall–Kier alpha value is 0.0969. The zero-order valence-corrected chi connectivity index (χ0v) is 14.3. The van der Waals surface area contributed by atoms with E-state index in [1.54, 1.807) is 0 Å². The molecule has 0 saturated carbocycles. The number of nitrogens with one attached hydrogen (secondary N) is 2. The van der Waals surface area contributed by atoms with E-state index in [0.717, 1.165) is 32.7 Å². The minimum atomic E-state index is -1.11. The van der Waals surface area contributed by atoms with Gasteiger partial charge in [-0.2, -0.15) is 0 Å². The summed E-state index contributed by atoms with van der Waals surface area (Å²) >= 11 is 0. The molecule has 0 aromatic heterocycles. The van der Waals surface area contributed by atoms with Crippen LogP contribution in [0.4, 0.5) is 0 Å². The van der Waals surface area contributed by atoms with Crippen LogP contribution in [0.25, 0.3) is 0 Å². The molecule has 2 N–H and O–H groups in total. The summed E-state index contributed by atoms with van der Waals surface area (Å²) in [6, 6.07) is 4.08. The summed E-state index contributed by atoms with van der Waals surface area (Å²) < 4.78 is 0. The molecule has 0 amide bonds. The molecule has 0 spiro atoms. The Kier molecular flexibility index (Phi) is 11.0. The lowest BCUT2D eigenvalue weighted by atomic mass is 10.4. The summed E-state index contributed by atoms with van der Waals surface area (Å²) in [7, 11) is -1.11. The van der Waals surface area contributed by atoms with Crippen molar-refractivity contribution in [3.63, 3.8) is 0 Å². The van der Waals surface area contributed by atoms with Gasteiger partial charge in [-0.1, -0.05) is 34.6 Å². The molecule has 0 saturated heterocycles. The zero-order valence-electron chi connectivity index (χ0n) is 13.3. The Labute approximate surface area is 116 Å². The Morgan fingerprint density at radius 2 is 1.33 bits per heavy atom. The van der Waals surface area contributed by atoms with Gasteiger partial charge in [-0.05, 0) is 31.2 Å². The van der Waals surface area contributed by atoms with Crippen molar-refractivity contribution < 1.29 is 0 Å². The molecule has 18 heavy (non-hydrogen) atoms. The van der Waals surface area contributed by atoms with Crippen LogP contribution in [0.2, 0.25) is 18.1 Å². The van der Waals surface area contributed by atoms with Gasteiger partial charge in [0.2, 0.25) is 0 Å². The molecule has 0 aromatic rings. The highest BCUT2D eigenvalue weighted by Gasteiger charge is 2.25. The monoisotopic (exact) mass is 273 g/mol. The molecular formula is C14H35N3Si. The molecule has 0 rings (SSSR count). The van der Waals surface area contributed by atoms with E-state index in [4.69, 9.17) is 0 Å². The predicted octanol–water partition coefficient (Wildman–Crippen LogP) is 2.51. The van der Waals surface area contributed by atoms with Gasteiger partial charge in [-0.25, -0.2) is 0 Å². The maximum Gasteiger partial charge on any atom is 0.124 e. The second-order valence-corrected chi connectivity index (χ2v) is 10.1. The Bertz CT molecular complexity index is 172. The fourth-order valence-electron chi connectivity index (χ4n) is 2.44. The average Bonchev–Trinajstić information content (AvgIpc) is 2.43. The molecule has 0 atom stereocenters. The molecule has 0 aliphatic heterocycles. The molecule has 0 aliphatic rings. The van der Waals surface area contributed by atoms with Crippen LogP contribution in [0.1, 0.15) is 34.6 Å². The topological polar surface area (TPSA) is 27.3 Å². The molecule has 0 radical (unpaired) electrons. The Morgan fingerprint density at radius 1 is 0.778 bits per heavy atom. The first-order valence-electron chi connectivity index (χ1n) is 7.86. The smallest absolute Gasteiger partial charge is 0.124 e. The van der Waals surface area contributed by atoms with Gasteiger partial charge in [0.05, 0.1) is 0 Å². The zero-order chi connectivity index (χ0) is 13.9. The molecule has 4 heteroatoms. The van der Waals surface area contributed by atoms with Crippen molar-refractivity contribution >= 4 is 8.24 Å². The van der Waals surface area contributed by atoms with Crippen LogP contribution in [0.15, 0.2) is 0 Å². The van der Waals surface area contributed by atoms with E-state index in [1.807, 2.05) is 0 Å². The second-order valence-electron chi connectivity index (χ2n) is 5.04. The van der Waals surface area contributed by atoms with Gasteiger partial charge in [0.15, 0.2) is 0 Å². The van der Waals surface area contributed by atoms with Crippen molar-refractivity contribution in [2.24, 2.45) is 0 Å². The van der Waals surface area contributed by atoms with E-state index in [-0.39, 0.29) is 0 Å². The maximum absolute atomic E-state index is 3.86. The van der Waals surface area contributed by atoms with Gasteiger partial charge in [-0.15, -0.1) is 0 Å². The van der Waals surface area contributed by atoms with Crippen molar-refractivity contribution in [2.45, 2.75) is 52.8 Å². The molecule has 0 fully saturated rings. The summed E-state index contributed by atoms with van der Waals surface area (Å²) in [6.07, 6.45) is 0. The van der Waals surface area contributed by atoms with Crippen LogP contribution < -0.4 is 10.3 Å². The van der Waals surface area contributed by atoms with Gasteiger partial charge in [-0.3, -0.25) is 0 Å². The third-order valence-corrected chi connectivity index (χ3v) is 9.39. The molecular weight excluding hydrogens is 238 g/mol. The van der Waals surface area contributed by atoms with Gasteiger partial charge < -0.3 is 15.2 Å². The summed E-state index contributed by atoms with van der Waals surface area (Å²) in [5.41, 5.74) is 0. The number of rotatable bonds is 12. The molecule has 3 nitrogen and oxygen atoms in total. The quantitative estimate of drug-likeness (QED) is 0.423. The van der Waals surface area contributed by atoms with Gasteiger partial charge in [0.1, 0.15) is 8.24 Å². The Morgan fingerprint density at radius 3 is 1.78 bits per heavy atom. The third kappa shape index (κ3) is 6.88. The normalized spacial score (nSPS) is 12.3. The number of hydrogen-bond acceptors (Lipinski definition) is 3. The molecule has 0 bridgehead atoms. The average molecular weight is 274 g/mol. The molecule has 0 heterocycles. The summed E-state index contributed by atoms with van der Waals surface area (Å²) in [4.78, 5) is 6.32. The number of nitrogens with zero attached hydrogens (tertiary/aromatic N) is 1. The molecule has 0 aliphatic carbocycles. The Balaban J connectivity index is 3.61. The number of likely N-dealkylation sites (N-methyl/N-ethyl adjacent to an activating group) is 1. The third-order valence-electron chi connectivity index (χ3n) is 4.33. The van der Waals surface area contributed by atoms with Crippen LogP contribution >= 0.6 is 0 Å². The minimum absolute atomic E-state index is 1.11. The first-order valence-corrected chi connectivity index (χ1v) is 10.5. The summed E-state index contributed by atoms with van der Waals surface area (Å²) in [5, 5.41) is 3.55. The van der Waals surface area contributed by atoms with Crippen LogP contribution in [0.3, 0.4) is 0 Å². The van der Waals surface area contributed by atoms with Crippen molar-refractivity contribution in [3.8, 4) is 0 Å².